The van der Waals surface area contributed by atoms with Gasteiger partial charge in [0.2, 0.25) is 0 Å². The van der Waals surface area contributed by atoms with Gasteiger partial charge in [-0.3, -0.25) is 0 Å². The summed E-state index contributed by atoms with van der Waals surface area (Å²) in [4.78, 5) is 11.7. The third-order valence-corrected chi connectivity index (χ3v) is 4.30. The molecule has 3 nitrogen and oxygen atoms in total. The van der Waals surface area contributed by atoms with Gasteiger partial charge in [0.05, 0.1) is 11.2 Å². The number of hydrogen-bond donors (Lipinski definition) is 0. The van der Waals surface area contributed by atoms with Gasteiger partial charge in [0.15, 0.2) is 0 Å². The van der Waals surface area contributed by atoms with Crippen LogP contribution in [0.2, 0.25) is 0 Å². The monoisotopic (exact) mass is 331 g/mol. The lowest BCUT2D eigenvalue weighted by molar-refractivity contribution is -0.135. The van der Waals surface area contributed by atoms with Gasteiger partial charge in [0, 0.05) is 28.6 Å². The van der Waals surface area contributed by atoms with Crippen molar-refractivity contribution in [2.24, 2.45) is 0 Å². The number of nitrogens with zero attached hydrogens (tertiary/aromatic N) is 1. The van der Waals surface area contributed by atoms with Crippen LogP contribution in [0.15, 0.2) is 67.5 Å². The molecule has 3 rings (SSSR count). The van der Waals surface area contributed by atoms with Crippen LogP contribution in [0, 0.1) is 0 Å². The molecule has 0 spiro atoms. The van der Waals surface area contributed by atoms with Gasteiger partial charge in [-0.25, -0.2) is 4.79 Å². The molecule has 126 valence electrons. The molecule has 0 radical (unpaired) electrons. The maximum atomic E-state index is 11.7. The predicted octanol–water partition coefficient (Wildman–Crippen LogP) is 5.57. The second-order valence-electron chi connectivity index (χ2n) is 6.02. The van der Waals surface area contributed by atoms with Gasteiger partial charge in [-0.2, -0.15) is 0 Å². The molecule has 1 aromatic heterocycles. The van der Waals surface area contributed by atoms with E-state index in [4.69, 9.17) is 4.74 Å². The fraction of sp³-hybridized carbons (Fsp3) is 0.136. The van der Waals surface area contributed by atoms with Crippen LogP contribution in [-0.2, 0) is 9.53 Å². The summed E-state index contributed by atoms with van der Waals surface area (Å²) >= 11 is 0. The van der Waals surface area contributed by atoms with E-state index in [9.17, 15) is 4.79 Å². The largest absolute Gasteiger partial charge is 0.428 e. The lowest BCUT2D eigenvalue weighted by atomic mass is 10.1. The summed E-state index contributed by atoms with van der Waals surface area (Å²) in [6, 6.07) is 8.24. The summed E-state index contributed by atoms with van der Waals surface area (Å²) in [5, 5.41) is 1.15. The Balaban J connectivity index is 2.06. The summed E-state index contributed by atoms with van der Waals surface area (Å²) in [6.07, 6.45) is 9.02. The molecular weight excluding hydrogens is 310 g/mol. The van der Waals surface area contributed by atoms with E-state index < -0.39 is 0 Å². The van der Waals surface area contributed by atoms with Crippen molar-refractivity contribution in [3.8, 4) is 0 Å². The van der Waals surface area contributed by atoms with E-state index in [1.807, 2.05) is 36.4 Å². The molecule has 0 bridgehead atoms. The summed E-state index contributed by atoms with van der Waals surface area (Å²) in [7, 11) is 0. The molecule has 0 aliphatic heterocycles. The van der Waals surface area contributed by atoms with Crippen molar-refractivity contribution < 1.29 is 9.53 Å². The molecule has 0 N–H and O–H groups in total. The van der Waals surface area contributed by atoms with E-state index in [-0.39, 0.29) is 5.97 Å². The number of benzene rings is 1. The number of aromatic nitrogens is 1. The van der Waals surface area contributed by atoms with Gasteiger partial charge in [0.25, 0.3) is 0 Å². The van der Waals surface area contributed by atoms with Crippen molar-refractivity contribution in [3.63, 3.8) is 0 Å². The summed E-state index contributed by atoms with van der Waals surface area (Å²) in [6.45, 7) is 13.2. The van der Waals surface area contributed by atoms with Crippen LogP contribution in [0.5, 0.6) is 0 Å². The summed E-state index contributed by atoms with van der Waals surface area (Å²) in [5.74, 6) is 0.285. The van der Waals surface area contributed by atoms with Gasteiger partial charge in [0.1, 0.15) is 5.76 Å². The quantitative estimate of drug-likeness (QED) is 0.530. The SMILES string of the molecule is C=Cc1c(C=C)n(C2=CC=C(OC(=O)C(=C)C)CC2)c2ccccc12. The van der Waals surface area contributed by atoms with Gasteiger partial charge >= 0.3 is 5.97 Å². The van der Waals surface area contributed by atoms with Crippen LogP contribution in [0.3, 0.4) is 0 Å². The normalized spacial score (nSPS) is 13.8. The van der Waals surface area contributed by atoms with E-state index in [0.717, 1.165) is 34.3 Å². The number of carbonyl (C=O) groups excluding carboxylic acids is 1. The third kappa shape index (κ3) is 3.01. The van der Waals surface area contributed by atoms with Gasteiger partial charge in [-0.15, -0.1) is 0 Å². The van der Waals surface area contributed by atoms with Crippen LogP contribution >= 0.6 is 0 Å². The minimum Gasteiger partial charge on any atom is -0.428 e. The van der Waals surface area contributed by atoms with Crippen molar-refractivity contribution in [1.29, 1.82) is 0 Å². The highest BCUT2D eigenvalue weighted by atomic mass is 16.5. The topological polar surface area (TPSA) is 31.2 Å². The van der Waals surface area contributed by atoms with Crippen LogP contribution in [-0.4, -0.2) is 10.5 Å². The molecule has 3 heteroatoms. The van der Waals surface area contributed by atoms with Crippen LogP contribution in [0.4, 0.5) is 0 Å². The minimum absolute atomic E-state index is 0.379. The zero-order chi connectivity index (χ0) is 18.0. The molecule has 0 unspecified atom stereocenters. The Labute approximate surface area is 147 Å². The highest BCUT2D eigenvalue weighted by Crippen LogP contribution is 2.34. The highest BCUT2D eigenvalue weighted by Gasteiger charge is 2.18. The van der Waals surface area contributed by atoms with Crippen molar-refractivity contribution in [2.75, 3.05) is 0 Å². The molecule has 0 atom stereocenters. The fourth-order valence-electron chi connectivity index (χ4n) is 3.09. The Bertz CT molecular complexity index is 954. The Kier molecular flexibility index (Phi) is 4.57. The lowest BCUT2D eigenvalue weighted by Crippen LogP contribution is -2.09. The third-order valence-electron chi connectivity index (χ3n) is 4.30. The summed E-state index contributed by atoms with van der Waals surface area (Å²) < 4.78 is 7.54. The first-order valence-corrected chi connectivity index (χ1v) is 8.23. The first kappa shape index (κ1) is 16.8. The van der Waals surface area contributed by atoms with Crippen molar-refractivity contribution in [1.82, 2.24) is 4.57 Å². The number of esters is 1. The van der Waals surface area contributed by atoms with E-state index in [0.29, 0.717) is 17.8 Å². The highest BCUT2D eigenvalue weighted by molar-refractivity contribution is 5.96. The second-order valence-corrected chi connectivity index (χ2v) is 6.02. The maximum absolute atomic E-state index is 11.7. The molecule has 1 aromatic carbocycles. The number of hydrogen-bond acceptors (Lipinski definition) is 2. The zero-order valence-electron chi connectivity index (χ0n) is 14.4. The maximum Gasteiger partial charge on any atom is 0.338 e. The Morgan fingerprint density at radius 1 is 1.16 bits per heavy atom. The summed E-state index contributed by atoms with van der Waals surface area (Å²) in [5.41, 5.74) is 4.76. The molecule has 0 fully saturated rings. The molecule has 1 aliphatic carbocycles. The Morgan fingerprint density at radius 3 is 2.52 bits per heavy atom. The molecule has 25 heavy (non-hydrogen) atoms. The number of carbonyl (C=O) groups is 1. The minimum atomic E-state index is -0.379. The molecular formula is C22H21NO2. The number of rotatable bonds is 5. The molecule has 1 aliphatic rings. The van der Waals surface area contributed by atoms with E-state index >= 15 is 0 Å². The average Bonchev–Trinajstić information content (AvgIpc) is 2.95. The van der Waals surface area contributed by atoms with Crippen LogP contribution in [0.1, 0.15) is 31.0 Å². The van der Waals surface area contributed by atoms with Gasteiger partial charge < -0.3 is 9.30 Å². The molecule has 1 heterocycles. The van der Waals surface area contributed by atoms with Crippen molar-refractivity contribution in [2.45, 2.75) is 19.8 Å². The van der Waals surface area contributed by atoms with Crippen molar-refractivity contribution in [3.05, 3.63) is 78.7 Å². The number of allylic oxidation sites excluding steroid dienone is 4. The predicted molar refractivity (Wildman–Crippen MR) is 105 cm³/mol. The van der Waals surface area contributed by atoms with Crippen molar-refractivity contribution >= 4 is 34.7 Å². The molecule has 0 saturated heterocycles. The molecule has 0 amide bonds. The zero-order valence-corrected chi connectivity index (χ0v) is 14.4. The smallest absolute Gasteiger partial charge is 0.338 e. The number of para-hydroxylation sites is 1. The molecule has 2 aromatic rings. The standard InChI is InChI=1S/C22H21NO2/c1-5-18-19-9-7-8-10-21(19)23(20(18)6-2)16-11-13-17(14-12-16)25-22(24)15(3)4/h5-11,13H,1-3,12,14H2,4H3. The van der Waals surface area contributed by atoms with E-state index in [1.165, 1.54) is 0 Å². The Hall–Kier alpha value is -3.07. The van der Waals surface area contributed by atoms with Crippen LogP contribution in [0.25, 0.3) is 28.8 Å². The number of ether oxygens (including phenoxy) is 1. The Morgan fingerprint density at radius 2 is 1.92 bits per heavy atom. The van der Waals surface area contributed by atoms with Crippen LogP contribution < -0.4 is 0 Å². The fourth-order valence-corrected chi connectivity index (χ4v) is 3.09. The van der Waals surface area contributed by atoms with E-state index in [1.54, 1.807) is 6.92 Å². The first-order chi connectivity index (χ1) is 12.1. The number of fused-ring (bicyclic) bond motifs is 1. The van der Waals surface area contributed by atoms with Gasteiger partial charge in [-0.05, 0) is 37.6 Å². The second kappa shape index (κ2) is 6.81. The van der Waals surface area contributed by atoms with Gasteiger partial charge in [-0.1, -0.05) is 44.0 Å². The lowest BCUT2D eigenvalue weighted by Gasteiger charge is -2.18. The van der Waals surface area contributed by atoms with E-state index in [2.05, 4.69) is 36.4 Å². The average molecular weight is 331 g/mol. The molecule has 0 saturated carbocycles. The first-order valence-electron chi connectivity index (χ1n) is 8.23.